The van der Waals surface area contributed by atoms with Crippen LogP contribution in [0.4, 0.5) is 5.00 Å². The van der Waals surface area contributed by atoms with E-state index in [2.05, 4.69) is 27.6 Å². The van der Waals surface area contributed by atoms with Crippen molar-refractivity contribution in [3.8, 4) is 0 Å². The molecule has 0 saturated carbocycles. The Bertz CT molecular complexity index is 639. The lowest BCUT2D eigenvalue weighted by atomic mass is 9.88. The van der Waals surface area contributed by atoms with Crippen LogP contribution >= 0.6 is 27.3 Å². The third kappa shape index (κ3) is 3.78. The summed E-state index contributed by atoms with van der Waals surface area (Å²) in [4.78, 5) is 13.3. The van der Waals surface area contributed by atoms with Crippen molar-refractivity contribution in [1.29, 1.82) is 0 Å². The molecule has 118 valence electrons. The topological polar surface area (TPSA) is 72.5 Å². The van der Waals surface area contributed by atoms with Crippen LogP contribution in [0, 0.1) is 5.92 Å². The number of thiophene rings is 1. The predicted octanol–water partition coefficient (Wildman–Crippen LogP) is 3.14. The Hall–Kier alpha value is -0.600. The fraction of sp³-hybridized carbons (Fsp3) is 0.615. The first-order valence-electron chi connectivity index (χ1n) is 6.76. The van der Waals surface area contributed by atoms with Crippen LogP contribution in [0.25, 0.3) is 0 Å². The maximum Gasteiger partial charge on any atom is 0.341 e. The van der Waals surface area contributed by atoms with Gasteiger partial charge in [0.05, 0.1) is 12.2 Å². The molecule has 1 aromatic heterocycles. The van der Waals surface area contributed by atoms with Crippen LogP contribution in [0.5, 0.6) is 0 Å². The molecule has 1 N–H and O–H groups in total. The van der Waals surface area contributed by atoms with E-state index in [0.29, 0.717) is 16.5 Å². The van der Waals surface area contributed by atoms with E-state index >= 15 is 0 Å². The molecule has 5 nitrogen and oxygen atoms in total. The van der Waals surface area contributed by atoms with Crippen LogP contribution in [0.1, 0.15) is 41.1 Å². The molecule has 8 heteroatoms. The number of sulfonamides is 1. The molecular formula is C13H18BrNO4S2. The van der Waals surface area contributed by atoms with E-state index < -0.39 is 16.0 Å². The Morgan fingerprint density at radius 2 is 2.24 bits per heavy atom. The van der Waals surface area contributed by atoms with Gasteiger partial charge in [-0.3, -0.25) is 4.72 Å². The maximum atomic E-state index is 12.2. The summed E-state index contributed by atoms with van der Waals surface area (Å²) in [6.45, 7) is 4.17. The molecule has 21 heavy (non-hydrogen) atoms. The quantitative estimate of drug-likeness (QED) is 0.613. The van der Waals surface area contributed by atoms with Gasteiger partial charge in [0, 0.05) is 4.88 Å². The van der Waals surface area contributed by atoms with Crippen molar-refractivity contribution >= 4 is 48.3 Å². The first-order chi connectivity index (χ1) is 9.88. The number of nitrogens with one attached hydrogen (secondary N) is 1. The molecule has 0 amide bonds. The predicted molar refractivity (Wildman–Crippen MR) is 87.8 cm³/mol. The van der Waals surface area contributed by atoms with Gasteiger partial charge < -0.3 is 4.74 Å². The third-order valence-electron chi connectivity index (χ3n) is 3.38. The number of esters is 1. The molecule has 1 aromatic rings. The van der Waals surface area contributed by atoms with Gasteiger partial charge in [-0.05, 0) is 37.7 Å². The Morgan fingerprint density at radius 1 is 1.52 bits per heavy atom. The molecule has 0 saturated heterocycles. The number of hydrogen-bond donors (Lipinski definition) is 1. The number of hydrogen-bond acceptors (Lipinski definition) is 5. The van der Waals surface area contributed by atoms with E-state index in [4.69, 9.17) is 4.74 Å². The monoisotopic (exact) mass is 395 g/mol. The normalized spacial score (nSPS) is 18.1. The van der Waals surface area contributed by atoms with Gasteiger partial charge in [0.25, 0.3) is 0 Å². The number of halogens is 1. The average Bonchev–Trinajstić information content (AvgIpc) is 2.75. The van der Waals surface area contributed by atoms with Gasteiger partial charge in [-0.25, -0.2) is 13.2 Å². The highest BCUT2D eigenvalue weighted by molar-refractivity contribution is 9.10. The van der Waals surface area contributed by atoms with Crippen LogP contribution in [-0.4, -0.2) is 25.7 Å². The molecule has 1 unspecified atom stereocenters. The third-order valence-corrected chi connectivity index (χ3v) is 7.29. The summed E-state index contributed by atoms with van der Waals surface area (Å²) in [6, 6.07) is 0. The smallest absolute Gasteiger partial charge is 0.341 e. The van der Waals surface area contributed by atoms with E-state index in [1.807, 2.05) is 0 Å². The van der Waals surface area contributed by atoms with Crippen LogP contribution in [0.2, 0.25) is 0 Å². The van der Waals surface area contributed by atoms with Crippen LogP contribution < -0.4 is 4.72 Å². The van der Waals surface area contributed by atoms with Gasteiger partial charge in [0.1, 0.15) is 9.66 Å². The summed E-state index contributed by atoms with van der Waals surface area (Å²) in [6.07, 6.45) is 2.67. The minimum atomic E-state index is -3.49. The Kier molecular flexibility index (Phi) is 5.32. The fourth-order valence-corrected chi connectivity index (χ4v) is 4.99. The zero-order valence-corrected chi connectivity index (χ0v) is 15.2. The number of ether oxygens (including phenoxy) is 1. The summed E-state index contributed by atoms with van der Waals surface area (Å²) >= 11 is 4.29. The highest BCUT2D eigenvalue weighted by Crippen LogP contribution is 2.40. The van der Waals surface area contributed by atoms with E-state index in [-0.39, 0.29) is 11.3 Å². The highest BCUT2D eigenvalue weighted by atomic mass is 79.9. The van der Waals surface area contributed by atoms with Crippen molar-refractivity contribution in [1.82, 2.24) is 0 Å². The largest absolute Gasteiger partial charge is 0.462 e. The zero-order chi connectivity index (χ0) is 15.6. The first kappa shape index (κ1) is 16.8. The van der Waals surface area contributed by atoms with Crippen molar-refractivity contribution in [2.24, 2.45) is 5.92 Å². The number of anilines is 1. The summed E-state index contributed by atoms with van der Waals surface area (Å²) in [5.74, 6) is 0.101. The average molecular weight is 396 g/mol. The van der Waals surface area contributed by atoms with E-state index in [9.17, 15) is 13.2 Å². The lowest BCUT2D eigenvalue weighted by Gasteiger charge is -2.18. The lowest BCUT2D eigenvalue weighted by Crippen LogP contribution is -2.17. The zero-order valence-electron chi connectivity index (χ0n) is 11.9. The molecular weight excluding hydrogens is 378 g/mol. The van der Waals surface area contributed by atoms with Crippen molar-refractivity contribution in [3.63, 3.8) is 0 Å². The van der Waals surface area contributed by atoms with Crippen LogP contribution in [0.15, 0.2) is 0 Å². The second kappa shape index (κ2) is 6.66. The van der Waals surface area contributed by atoms with Crippen molar-refractivity contribution in [3.05, 3.63) is 16.0 Å². The molecule has 0 fully saturated rings. The van der Waals surface area contributed by atoms with Crippen molar-refractivity contribution in [2.75, 3.05) is 16.0 Å². The van der Waals surface area contributed by atoms with Crippen LogP contribution in [0.3, 0.4) is 0 Å². The minimum absolute atomic E-state index is 0.207. The van der Waals surface area contributed by atoms with Gasteiger partial charge in [-0.2, -0.15) is 0 Å². The maximum absolute atomic E-state index is 12.2. The molecule has 1 aliphatic rings. The molecule has 2 rings (SSSR count). The SMILES string of the molecule is CCOC(=O)c1c(NS(=O)(=O)CBr)sc2c1CCC(C)C2. The second-order valence-electron chi connectivity index (χ2n) is 5.10. The Balaban J connectivity index is 2.45. The van der Waals surface area contributed by atoms with Gasteiger partial charge in [-0.15, -0.1) is 11.3 Å². The number of rotatable bonds is 5. The van der Waals surface area contributed by atoms with Crippen molar-refractivity contribution < 1.29 is 17.9 Å². The molecule has 0 radical (unpaired) electrons. The second-order valence-corrected chi connectivity index (χ2v) is 9.23. The molecule has 1 aliphatic carbocycles. The Morgan fingerprint density at radius 3 is 2.86 bits per heavy atom. The molecule has 1 atom stereocenters. The first-order valence-corrected chi connectivity index (χ1v) is 10.3. The summed E-state index contributed by atoms with van der Waals surface area (Å²) in [5, 5.41) is 0.381. The van der Waals surface area contributed by atoms with Gasteiger partial charge in [0.2, 0.25) is 10.0 Å². The number of alkyl halides is 1. The molecule has 0 aliphatic heterocycles. The van der Waals surface area contributed by atoms with E-state index in [1.165, 1.54) is 11.3 Å². The Labute approximate surface area is 137 Å². The minimum Gasteiger partial charge on any atom is -0.462 e. The molecule has 1 heterocycles. The number of fused-ring (bicyclic) bond motifs is 1. The number of carbonyl (C=O) groups is 1. The summed E-state index contributed by atoms with van der Waals surface area (Å²) in [7, 11) is -3.49. The van der Waals surface area contributed by atoms with E-state index in [0.717, 1.165) is 29.7 Å². The van der Waals surface area contributed by atoms with Crippen LogP contribution in [-0.2, 0) is 27.6 Å². The standard InChI is InChI=1S/C13H18BrNO4S2/c1-3-19-13(16)11-9-5-4-8(2)6-10(9)20-12(11)15-21(17,18)7-14/h8,15H,3-7H2,1-2H3. The molecule has 0 bridgehead atoms. The van der Waals surface area contributed by atoms with Crippen molar-refractivity contribution in [2.45, 2.75) is 33.1 Å². The van der Waals surface area contributed by atoms with Gasteiger partial charge in [-0.1, -0.05) is 22.9 Å². The van der Waals surface area contributed by atoms with E-state index in [1.54, 1.807) is 6.92 Å². The lowest BCUT2D eigenvalue weighted by molar-refractivity contribution is 0.0526. The number of carbonyl (C=O) groups excluding carboxylic acids is 1. The summed E-state index contributed by atoms with van der Waals surface area (Å²) < 4.78 is 30.9. The summed E-state index contributed by atoms with van der Waals surface area (Å²) in [5.41, 5.74) is 1.34. The van der Waals surface area contributed by atoms with Gasteiger partial charge >= 0.3 is 5.97 Å². The molecule has 0 aromatic carbocycles. The highest BCUT2D eigenvalue weighted by Gasteiger charge is 2.29. The fourth-order valence-electron chi connectivity index (χ4n) is 2.41. The molecule has 0 spiro atoms. The van der Waals surface area contributed by atoms with Gasteiger partial charge in [0.15, 0.2) is 0 Å².